The summed E-state index contributed by atoms with van der Waals surface area (Å²) < 4.78 is 0.930. The van der Waals surface area contributed by atoms with E-state index < -0.39 is 11.0 Å². The molecule has 1 aliphatic rings. The van der Waals surface area contributed by atoms with Gasteiger partial charge in [0.15, 0.2) is 0 Å². The zero-order valence-electron chi connectivity index (χ0n) is 16.3. The second-order valence-electron chi connectivity index (χ2n) is 7.27. The number of non-ortho nitro benzene ring substituents is 1. The number of nitro groups is 1. The maximum absolute atomic E-state index is 13.4. The molecule has 1 aromatic heterocycles. The Morgan fingerprint density at radius 1 is 1.00 bits per heavy atom. The predicted molar refractivity (Wildman–Crippen MR) is 125 cm³/mol. The van der Waals surface area contributed by atoms with Crippen molar-refractivity contribution >= 4 is 44.8 Å². The fourth-order valence-electron chi connectivity index (χ4n) is 3.94. The van der Waals surface area contributed by atoms with Crippen molar-refractivity contribution in [3.8, 4) is 11.3 Å². The summed E-state index contributed by atoms with van der Waals surface area (Å²) in [5.41, 5.74) is 3.99. The number of amides is 1. The third-order valence-electron chi connectivity index (χ3n) is 5.41. The minimum atomic E-state index is -0.517. The predicted octanol–water partition coefficient (Wildman–Crippen LogP) is 6.15. The number of aromatic nitrogens is 2. The zero-order chi connectivity index (χ0) is 22.4. The van der Waals surface area contributed by atoms with Gasteiger partial charge in [0.25, 0.3) is 11.6 Å². The Morgan fingerprint density at radius 3 is 2.28 bits per heavy atom. The number of rotatable bonds is 4. The Bertz CT molecular complexity index is 1340. The van der Waals surface area contributed by atoms with Crippen LogP contribution >= 0.6 is 27.5 Å². The fourth-order valence-corrected chi connectivity index (χ4v) is 4.33. The molecule has 5 rings (SSSR count). The highest BCUT2D eigenvalue weighted by molar-refractivity contribution is 9.10. The first-order chi connectivity index (χ1) is 15.4. The van der Waals surface area contributed by atoms with E-state index in [0.29, 0.717) is 22.1 Å². The number of nitrogens with one attached hydrogen (secondary N) is 1. The maximum Gasteiger partial charge on any atom is 0.277 e. The van der Waals surface area contributed by atoms with Gasteiger partial charge in [0.1, 0.15) is 5.69 Å². The van der Waals surface area contributed by atoms with Crippen LogP contribution in [-0.4, -0.2) is 21.0 Å². The highest BCUT2D eigenvalue weighted by Crippen LogP contribution is 2.45. The smallest absolute Gasteiger partial charge is 0.277 e. The summed E-state index contributed by atoms with van der Waals surface area (Å²) in [6, 6.07) is 20.4. The number of carbonyl (C=O) groups is 1. The third-order valence-corrected chi connectivity index (χ3v) is 6.19. The van der Waals surface area contributed by atoms with E-state index in [1.165, 1.54) is 12.1 Å². The lowest BCUT2D eigenvalue weighted by Gasteiger charge is -2.26. The molecule has 2 heterocycles. The van der Waals surface area contributed by atoms with E-state index in [1.807, 2.05) is 24.3 Å². The van der Waals surface area contributed by atoms with Crippen molar-refractivity contribution in [2.24, 2.45) is 0 Å². The van der Waals surface area contributed by atoms with Crippen molar-refractivity contribution in [1.82, 2.24) is 10.2 Å². The summed E-state index contributed by atoms with van der Waals surface area (Å²) >= 11 is 9.49. The number of halogens is 2. The lowest BCUT2D eigenvalue weighted by Crippen LogP contribution is -2.29. The van der Waals surface area contributed by atoms with Crippen LogP contribution in [-0.2, 0) is 0 Å². The van der Waals surface area contributed by atoms with Crippen LogP contribution in [0.3, 0.4) is 0 Å². The third kappa shape index (κ3) is 3.37. The molecule has 0 fully saturated rings. The van der Waals surface area contributed by atoms with Gasteiger partial charge < -0.3 is 0 Å². The normalized spacial score (nSPS) is 15.1. The van der Waals surface area contributed by atoms with E-state index >= 15 is 0 Å². The molecular weight excluding hydrogens is 496 g/mol. The first-order valence-electron chi connectivity index (χ1n) is 9.61. The van der Waals surface area contributed by atoms with Crippen LogP contribution in [0, 0.1) is 10.1 Å². The lowest BCUT2D eigenvalue weighted by atomic mass is 9.95. The summed E-state index contributed by atoms with van der Waals surface area (Å²) in [5, 5.41) is 19.0. The quantitative estimate of drug-likeness (QED) is 0.264. The molecule has 0 spiro atoms. The van der Waals surface area contributed by atoms with E-state index in [0.717, 1.165) is 21.2 Å². The number of anilines is 1. The van der Waals surface area contributed by atoms with Crippen LogP contribution in [0.15, 0.2) is 77.3 Å². The molecular formula is C23H14BrClN4O3. The van der Waals surface area contributed by atoms with Crippen molar-refractivity contribution in [2.45, 2.75) is 6.04 Å². The summed E-state index contributed by atoms with van der Waals surface area (Å²) in [6.45, 7) is 0. The molecule has 7 nitrogen and oxygen atoms in total. The van der Waals surface area contributed by atoms with Gasteiger partial charge in [0.2, 0.25) is 0 Å². The first kappa shape index (κ1) is 20.4. The van der Waals surface area contributed by atoms with Crippen LogP contribution in [0.25, 0.3) is 11.3 Å². The molecule has 1 atom stereocenters. The van der Waals surface area contributed by atoms with Gasteiger partial charge in [-0.2, -0.15) is 5.10 Å². The number of benzene rings is 3. The van der Waals surface area contributed by atoms with Crippen molar-refractivity contribution in [1.29, 1.82) is 0 Å². The molecule has 9 heteroatoms. The van der Waals surface area contributed by atoms with Gasteiger partial charge in [-0.15, -0.1) is 0 Å². The standard InChI is InChI=1S/C23H14BrClN4O3/c24-15-5-1-13(2-6-15)20-19-21(27-26-20)23(30)28(17-11-7-16(25)8-12-17)22(19)14-3-9-18(10-4-14)29(31)32/h1-12,22H,(H,26,27)/t22-/m0/s1. The molecule has 4 aromatic rings. The van der Waals surface area contributed by atoms with Gasteiger partial charge in [0.05, 0.1) is 16.7 Å². The Hall–Kier alpha value is -3.49. The second-order valence-corrected chi connectivity index (χ2v) is 8.62. The maximum atomic E-state index is 13.4. The van der Waals surface area contributed by atoms with Gasteiger partial charge in [-0.25, -0.2) is 0 Å². The number of carbonyl (C=O) groups excluding carboxylic acids is 1. The molecule has 158 valence electrons. The van der Waals surface area contributed by atoms with Crippen LogP contribution in [0.5, 0.6) is 0 Å². The SMILES string of the molecule is O=C1c2[nH]nc(-c3ccc(Br)cc3)c2[C@H](c2ccc([N+](=O)[O-])cc2)N1c1ccc(Cl)cc1. The summed E-state index contributed by atoms with van der Waals surface area (Å²) in [4.78, 5) is 25.8. The monoisotopic (exact) mass is 508 g/mol. The topological polar surface area (TPSA) is 92.1 Å². The lowest BCUT2D eigenvalue weighted by molar-refractivity contribution is -0.384. The number of fused-ring (bicyclic) bond motifs is 1. The Balaban J connectivity index is 1.70. The van der Waals surface area contributed by atoms with Crippen molar-refractivity contribution < 1.29 is 9.72 Å². The summed E-state index contributed by atoms with van der Waals surface area (Å²) in [7, 11) is 0. The summed E-state index contributed by atoms with van der Waals surface area (Å²) in [6.07, 6.45) is 0. The van der Waals surface area contributed by atoms with Gasteiger partial charge >= 0.3 is 0 Å². The highest BCUT2D eigenvalue weighted by Gasteiger charge is 2.43. The fraction of sp³-hybridized carbons (Fsp3) is 0.0435. The minimum absolute atomic E-state index is 0.0170. The molecule has 1 N–H and O–H groups in total. The number of H-pyrrole nitrogens is 1. The van der Waals surface area contributed by atoms with Crippen LogP contribution < -0.4 is 4.90 Å². The molecule has 1 amide bonds. The number of nitrogens with zero attached hydrogens (tertiary/aromatic N) is 3. The molecule has 1 aliphatic heterocycles. The number of nitro benzene ring substituents is 1. The molecule has 0 unspecified atom stereocenters. The largest absolute Gasteiger partial charge is 0.295 e. The molecule has 0 aliphatic carbocycles. The molecule has 0 bridgehead atoms. The Morgan fingerprint density at radius 2 is 1.66 bits per heavy atom. The number of aromatic amines is 1. The van der Waals surface area contributed by atoms with Gasteiger partial charge in [0, 0.05) is 38.4 Å². The van der Waals surface area contributed by atoms with E-state index in [4.69, 9.17) is 11.6 Å². The van der Waals surface area contributed by atoms with Crippen LogP contribution in [0.1, 0.15) is 27.7 Å². The minimum Gasteiger partial charge on any atom is -0.295 e. The van der Waals surface area contributed by atoms with Gasteiger partial charge in [-0.1, -0.05) is 39.7 Å². The second kappa shape index (κ2) is 7.89. The van der Waals surface area contributed by atoms with Crippen LogP contribution in [0.2, 0.25) is 5.02 Å². The molecule has 0 radical (unpaired) electrons. The molecule has 0 saturated heterocycles. The van der Waals surface area contributed by atoms with Gasteiger partial charge in [-0.05, 0) is 54.1 Å². The van der Waals surface area contributed by atoms with Crippen molar-refractivity contribution in [3.05, 3.63) is 109 Å². The van der Waals surface area contributed by atoms with Crippen molar-refractivity contribution in [3.63, 3.8) is 0 Å². The Labute approximate surface area is 195 Å². The zero-order valence-corrected chi connectivity index (χ0v) is 18.7. The number of hydrogen-bond acceptors (Lipinski definition) is 4. The van der Waals surface area contributed by atoms with Crippen LogP contribution in [0.4, 0.5) is 11.4 Å². The first-order valence-corrected chi connectivity index (χ1v) is 10.8. The number of hydrogen-bond donors (Lipinski definition) is 1. The van der Waals surface area contributed by atoms with E-state index in [9.17, 15) is 14.9 Å². The van der Waals surface area contributed by atoms with E-state index in [2.05, 4.69) is 26.1 Å². The summed E-state index contributed by atoms with van der Waals surface area (Å²) in [5.74, 6) is -0.235. The average Bonchev–Trinajstić information content (AvgIpc) is 3.34. The average molecular weight is 510 g/mol. The molecule has 0 saturated carbocycles. The van der Waals surface area contributed by atoms with E-state index in [1.54, 1.807) is 41.3 Å². The Kier molecular flexibility index (Phi) is 5.03. The molecule has 32 heavy (non-hydrogen) atoms. The van der Waals surface area contributed by atoms with Crippen molar-refractivity contribution in [2.75, 3.05) is 4.90 Å². The molecule has 3 aromatic carbocycles. The van der Waals surface area contributed by atoms with Gasteiger partial charge in [-0.3, -0.25) is 24.9 Å². The van der Waals surface area contributed by atoms with E-state index in [-0.39, 0.29) is 11.6 Å². The highest BCUT2D eigenvalue weighted by atomic mass is 79.9.